The van der Waals surface area contributed by atoms with E-state index < -0.39 is 0 Å². The maximum Gasteiger partial charge on any atom is 0.409 e. The summed E-state index contributed by atoms with van der Waals surface area (Å²) in [6.45, 7) is 3.37. The molecule has 0 unspecified atom stereocenters. The Kier molecular flexibility index (Phi) is 6.83. The van der Waals surface area contributed by atoms with E-state index in [-0.39, 0.29) is 23.7 Å². The molecule has 0 saturated carbocycles. The van der Waals surface area contributed by atoms with Gasteiger partial charge in [0, 0.05) is 31.0 Å². The molecule has 0 radical (unpaired) electrons. The molecule has 1 aliphatic rings. The highest BCUT2D eigenvalue weighted by atomic mass is 16.6. The van der Waals surface area contributed by atoms with Gasteiger partial charge in [0.05, 0.1) is 13.7 Å². The molecule has 2 N–H and O–H groups in total. The molecule has 0 bridgehead atoms. The van der Waals surface area contributed by atoms with Gasteiger partial charge < -0.3 is 25.0 Å². The molecule has 1 aliphatic heterocycles. The predicted molar refractivity (Wildman–Crippen MR) is 108 cm³/mol. The number of nitrogens with zero attached hydrogens (tertiary/aromatic N) is 3. The molecule has 2 aromatic rings. The van der Waals surface area contributed by atoms with Crippen LogP contribution >= 0.6 is 0 Å². The summed E-state index contributed by atoms with van der Waals surface area (Å²) in [4.78, 5) is 34.5. The highest BCUT2D eigenvalue weighted by Crippen LogP contribution is 2.17. The first-order chi connectivity index (χ1) is 14.1. The minimum Gasteiger partial charge on any atom is -0.497 e. The summed E-state index contributed by atoms with van der Waals surface area (Å²) in [7, 11) is 1.59. The number of ether oxygens (including phenoxy) is 2. The maximum absolute atomic E-state index is 12.5. The smallest absolute Gasteiger partial charge is 0.409 e. The van der Waals surface area contributed by atoms with Crippen LogP contribution in [0.2, 0.25) is 0 Å². The molecule has 2 heterocycles. The van der Waals surface area contributed by atoms with Crippen molar-refractivity contribution in [1.82, 2.24) is 14.9 Å². The first-order valence-electron chi connectivity index (χ1n) is 9.55. The Labute approximate surface area is 169 Å². The third-order valence-electron chi connectivity index (χ3n) is 4.59. The minimum absolute atomic E-state index is 0.126. The number of hydrogen-bond acceptors (Lipinski definition) is 7. The molecule has 1 aromatic carbocycles. The van der Waals surface area contributed by atoms with Crippen LogP contribution in [0.25, 0.3) is 0 Å². The molecule has 9 heteroatoms. The van der Waals surface area contributed by atoms with Gasteiger partial charge in [-0.2, -0.15) is 0 Å². The number of piperidine rings is 1. The monoisotopic (exact) mass is 399 g/mol. The van der Waals surface area contributed by atoms with Gasteiger partial charge in [0.25, 0.3) is 5.91 Å². The molecule has 1 fully saturated rings. The van der Waals surface area contributed by atoms with Gasteiger partial charge in [-0.1, -0.05) is 0 Å². The van der Waals surface area contributed by atoms with E-state index >= 15 is 0 Å². The molecular formula is C20H25N5O4. The Morgan fingerprint density at radius 2 is 1.90 bits per heavy atom. The Morgan fingerprint density at radius 3 is 2.55 bits per heavy atom. The first kappa shape index (κ1) is 20.4. The summed E-state index contributed by atoms with van der Waals surface area (Å²) in [5.74, 6) is 0.783. The topological polar surface area (TPSA) is 106 Å². The van der Waals surface area contributed by atoms with E-state index in [4.69, 9.17) is 9.47 Å². The van der Waals surface area contributed by atoms with Gasteiger partial charge in [0.2, 0.25) is 5.95 Å². The second kappa shape index (κ2) is 9.72. The van der Waals surface area contributed by atoms with E-state index in [9.17, 15) is 9.59 Å². The van der Waals surface area contributed by atoms with Gasteiger partial charge >= 0.3 is 6.09 Å². The zero-order chi connectivity index (χ0) is 20.6. The Balaban J connectivity index is 1.55. The highest BCUT2D eigenvalue weighted by molar-refractivity contribution is 6.02. The lowest BCUT2D eigenvalue weighted by Crippen LogP contribution is -2.42. The lowest BCUT2D eigenvalue weighted by atomic mass is 10.1. The molecule has 0 aliphatic carbocycles. The number of carbonyl (C=O) groups excluding carboxylic acids is 2. The second-order valence-corrected chi connectivity index (χ2v) is 6.55. The van der Waals surface area contributed by atoms with E-state index in [1.165, 1.54) is 0 Å². The lowest BCUT2D eigenvalue weighted by molar-refractivity contribution is 0.0980. The van der Waals surface area contributed by atoms with Crippen LogP contribution in [0.1, 0.15) is 30.3 Å². The summed E-state index contributed by atoms with van der Waals surface area (Å²) in [5.41, 5.74) is 0.914. The van der Waals surface area contributed by atoms with Crippen LogP contribution in [0, 0.1) is 0 Å². The Hall–Kier alpha value is -3.36. The van der Waals surface area contributed by atoms with Gasteiger partial charge in [-0.15, -0.1) is 0 Å². The van der Waals surface area contributed by atoms with E-state index in [0.29, 0.717) is 37.1 Å². The maximum atomic E-state index is 12.5. The Morgan fingerprint density at radius 1 is 1.17 bits per heavy atom. The molecule has 9 nitrogen and oxygen atoms in total. The summed E-state index contributed by atoms with van der Waals surface area (Å²) < 4.78 is 10.1. The normalized spacial score (nSPS) is 14.2. The fourth-order valence-electron chi connectivity index (χ4n) is 3.03. The number of aromatic nitrogens is 2. The standard InChI is InChI=1S/C20H25N5O4/c1-3-29-20(27)25-12-9-15(10-13-25)23-19-21-11-8-17(24-19)18(26)22-14-4-6-16(28-2)7-5-14/h4-8,11,15H,3,9-10,12-13H2,1-2H3,(H,22,26)(H,21,23,24). The number of benzene rings is 1. The third-order valence-corrected chi connectivity index (χ3v) is 4.59. The molecular weight excluding hydrogens is 374 g/mol. The third kappa shape index (κ3) is 5.56. The predicted octanol–water partition coefficient (Wildman–Crippen LogP) is 2.77. The number of rotatable bonds is 6. The summed E-state index contributed by atoms with van der Waals surface area (Å²) in [6, 6.07) is 8.74. The van der Waals surface area contributed by atoms with Crippen molar-refractivity contribution in [2.24, 2.45) is 0 Å². The summed E-state index contributed by atoms with van der Waals surface area (Å²) >= 11 is 0. The van der Waals surface area contributed by atoms with Crippen LogP contribution in [0.5, 0.6) is 5.75 Å². The lowest BCUT2D eigenvalue weighted by Gasteiger charge is -2.31. The molecule has 3 rings (SSSR count). The number of nitrogens with one attached hydrogen (secondary N) is 2. The number of hydrogen-bond donors (Lipinski definition) is 2. The van der Waals surface area contributed by atoms with Crippen LogP contribution in [0.15, 0.2) is 36.5 Å². The number of carbonyl (C=O) groups is 2. The van der Waals surface area contributed by atoms with Gasteiger partial charge in [0.1, 0.15) is 11.4 Å². The second-order valence-electron chi connectivity index (χ2n) is 6.55. The number of methoxy groups -OCH3 is 1. The molecule has 0 spiro atoms. The van der Waals surface area contributed by atoms with Crippen LogP contribution in [-0.2, 0) is 4.74 Å². The van der Waals surface area contributed by atoms with Crippen molar-refractivity contribution >= 4 is 23.6 Å². The molecule has 2 amide bonds. The van der Waals surface area contributed by atoms with Crippen LogP contribution in [-0.4, -0.2) is 59.7 Å². The van der Waals surface area contributed by atoms with Crippen LogP contribution < -0.4 is 15.4 Å². The number of amides is 2. The first-order valence-corrected chi connectivity index (χ1v) is 9.55. The number of anilines is 2. The molecule has 1 aromatic heterocycles. The van der Waals surface area contributed by atoms with E-state index in [1.54, 1.807) is 55.5 Å². The van der Waals surface area contributed by atoms with Crippen molar-refractivity contribution < 1.29 is 19.1 Å². The Bertz CT molecular complexity index is 835. The molecule has 1 saturated heterocycles. The van der Waals surface area contributed by atoms with Crippen LogP contribution in [0.3, 0.4) is 0 Å². The fourth-order valence-corrected chi connectivity index (χ4v) is 3.03. The van der Waals surface area contributed by atoms with Crippen molar-refractivity contribution in [3.8, 4) is 5.75 Å². The average Bonchev–Trinajstić information content (AvgIpc) is 2.75. The molecule has 0 atom stereocenters. The van der Waals surface area contributed by atoms with E-state index in [2.05, 4.69) is 20.6 Å². The quantitative estimate of drug-likeness (QED) is 0.769. The summed E-state index contributed by atoms with van der Waals surface area (Å²) in [5, 5.41) is 6.05. The van der Waals surface area contributed by atoms with Crippen molar-refractivity contribution in [1.29, 1.82) is 0 Å². The van der Waals surface area contributed by atoms with E-state index in [0.717, 1.165) is 12.8 Å². The summed E-state index contributed by atoms with van der Waals surface area (Å²) in [6.07, 6.45) is 2.78. The van der Waals surface area contributed by atoms with Crippen molar-refractivity contribution in [2.45, 2.75) is 25.8 Å². The van der Waals surface area contributed by atoms with Gasteiger partial charge in [-0.05, 0) is 50.1 Å². The van der Waals surface area contributed by atoms with E-state index in [1.807, 2.05) is 0 Å². The van der Waals surface area contributed by atoms with Crippen molar-refractivity contribution in [3.63, 3.8) is 0 Å². The van der Waals surface area contributed by atoms with Gasteiger partial charge in [0.15, 0.2) is 0 Å². The molecule has 154 valence electrons. The fraction of sp³-hybridized carbons (Fsp3) is 0.400. The zero-order valence-electron chi connectivity index (χ0n) is 16.6. The number of likely N-dealkylation sites (tertiary alicyclic amines) is 1. The average molecular weight is 399 g/mol. The van der Waals surface area contributed by atoms with Crippen molar-refractivity contribution in [2.75, 3.05) is 37.4 Å². The van der Waals surface area contributed by atoms with Crippen LogP contribution in [0.4, 0.5) is 16.4 Å². The zero-order valence-corrected chi connectivity index (χ0v) is 16.6. The SMILES string of the molecule is CCOC(=O)N1CCC(Nc2nccc(C(=O)Nc3ccc(OC)cc3)n2)CC1. The van der Waals surface area contributed by atoms with Gasteiger partial charge in [-0.25, -0.2) is 14.8 Å². The highest BCUT2D eigenvalue weighted by Gasteiger charge is 2.24. The minimum atomic E-state index is -0.322. The van der Waals surface area contributed by atoms with Crippen molar-refractivity contribution in [3.05, 3.63) is 42.2 Å². The largest absolute Gasteiger partial charge is 0.497 e. The van der Waals surface area contributed by atoms with Gasteiger partial charge in [-0.3, -0.25) is 4.79 Å². The molecule has 29 heavy (non-hydrogen) atoms.